The lowest BCUT2D eigenvalue weighted by Gasteiger charge is -2.19. The van der Waals surface area contributed by atoms with Crippen LogP contribution in [-0.2, 0) is 19.1 Å². The Hall–Kier alpha value is -3.95. The molecular weight excluding hydrogens is 418 g/mol. The summed E-state index contributed by atoms with van der Waals surface area (Å²) in [6.07, 6.45) is -0.0995. The summed E-state index contributed by atoms with van der Waals surface area (Å²) >= 11 is 0. The molecule has 2 aromatic carbocycles. The lowest BCUT2D eigenvalue weighted by Crippen LogP contribution is -2.28. The molecule has 1 aliphatic rings. The molecule has 0 aromatic heterocycles. The van der Waals surface area contributed by atoms with E-state index in [9.17, 15) is 24.5 Å². The molecule has 1 fully saturated rings. The van der Waals surface area contributed by atoms with Crippen LogP contribution >= 0.6 is 0 Å². The van der Waals surface area contributed by atoms with E-state index >= 15 is 0 Å². The van der Waals surface area contributed by atoms with Gasteiger partial charge in [0.25, 0.3) is 11.6 Å². The molecule has 10 nitrogen and oxygen atoms in total. The molecule has 32 heavy (non-hydrogen) atoms. The first-order chi connectivity index (χ1) is 15.2. The van der Waals surface area contributed by atoms with E-state index in [0.29, 0.717) is 11.4 Å². The number of nitro groups is 1. The Kier molecular flexibility index (Phi) is 6.72. The van der Waals surface area contributed by atoms with Gasteiger partial charge in [0.05, 0.1) is 29.7 Å². The van der Waals surface area contributed by atoms with E-state index < -0.39 is 29.3 Å². The van der Waals surface area contributed by atoms with Gasteiger partial charge >= 0.3 is 5.97 Å². The zero-order chi connectivity index (χ0) is 23.4. The van der Waals surface area contributed by atoms with Crippen molar-refractivity contribution >= 4 is 34.8 Å². The number of rotatable bonds is 7. The molecule has 0 unspecified atom stereocenters. The number of esters is 1. The van der Waals surface area contributed by atoms with Gasteiger partial charge in [0.15, 0.2) is 6.61 Å². The third kappa shape index (κ3) is 5.20. The van der Waals surface area contributed by atoms with Crippen molar-refractivity contribution in [3.63, 3.8) is 0 Å². The number of non-ortho nitro benzene ring substituents is 1. The van der Waals surface area contributed by atoms with Gasteiger partial charge in [0, 0.05) is 24.7 Å². The minimum Gasteiger partial charge on any atom is -0.494 e. The Bertz CT molecular complexity index is 1060. The quantitative estimate of drug-likeness (QED) is 0.397. The number of methoxy groups -OCH3 is 1. The van der Waals surface area contributed by atoms with Crippen molar-refractivity contribution in [3.8, 4) is 5.75 Å². The topological polar surface area (TPSA) is 128 Å². The van der Waals surface area contributed by atoms with Crippen molar-refractivity contribution < 1.29 is 28.8 Å². The lowest BCUT2D eigenvalue weighted by atomic mass is 10.1. The van der Waals surface area contributed by atoms with E-state index in [-0.39, 0.29) is 30.3 Å². The number of benzene rings is 2. The number of nitro benzene ring substituents is 1. The van der Waals surface area contributed by atoms with Crippen LogP contribution in [0.1, 0.15) is 17.5 Å². The first-order valence-electron chi connectivity index (χ1n) is 9.85. The standard InChI is InChI=1S/C22H23N3O7/c1-13-6-14(2)8-16(7-13)23-20(26)12-32-22(28)15-9-21(27)24(11-15)18-5-4-17(25(29)30)10-19(18)31-3/h4-8,10,15H,9,11-12H2,1-3H3,(H,23,26)/t15-/m1/s1. The largest absolute Gasteiger partial charge is 0.494 e. The minimum absolute atomic E-state index is 0.0184. The Morgan fingerprint density at radius 2 is 1.88 bits per heavy atom. The Morgan fingerprint density at radius 3 is 2.50 bits per heavy atom. The van der Waals surface area contributed by atoms with Crippen molar-refractivity contribution in [2.24, 2.45) is 5.92 Å². The number of carbonyl (C=O) groups excluding carboxylic acids is 3. The third-order valence-electron chi connectivity index (χ3n) is 4.97. The molecule has 1 aliphatic heterocycles. The van der Waals surface area contributed by atoms with Crippen molar-refractivity contribution in [2.75, 3.05) is 30.5 Å². The maximum absolute atomic E-state index is 12.5. The predicted octanol–water partition coefficient (Wildman–Crippen LogP) is 2.76. The number of aryl methyl sites for hydroxylation is 2. The lowest BCUT2D eigenvalue weighted by molar-refractivity contribution is -0.384. The number of anilines is 2. The van der Waals surface area contributed by atoms with Crippen molar-refractivity contribution in [1.29, 1.82) is 0 Å². The molecule has 10 heteroatoms. The van der Waals surface area contributed by atoms with E-state index in [1.54, 1.807) is 12.1 Å². The number of nitrogens with zero attached hydrogens (tertiary/aromatic N) is 2. The van der Waals surface area contributed by atoms with Gasteiger partial charge in [-0.05, 0) is 43.2 Å². The number of hydrogen-bond donors (Lipinski definition) is 1. The summed E-state index contributed by atoms with van der Waals surface area (Å²) < 4.78 is 10.3. The first kappa shape index (κ1) is 22.7. The highest BCUT2D eigenvalue weighted by atomic mass is 16.6. The number of amides is 2. The SMILES string of the molecule is COc1cc([N+](=O)[O-])ccc1N1C[C@H](C(=O)OCC(=O)Nc2cc(C)cc(C)c2)CC1=O. The summed E-state index contributed by atoms with van der Waals surface area (Å²) in [4.78, 5) is 48.7. The fraction of sp³-hybridized carbons (Fsp3) is 0.318. The molecule has 1 heterocycles. The first-order valence-corrected chi connectivity index (χ1v) is 9.85. The molecule has 3 rings (SSSR count). The van der Waals surface area contributed by atoms with E-state index in [2.05, 4.69) is 5.32 Å². The van der Waals surface area contributed by atoms with Crippen LogP contribution in [0.2, 0.25) is 0 Å². The monoisotopic (exact) mass is 441 g/mol. The van der Waals surface area contributed by atoms with E-state index in [4.69, 9.17) is 9.47 Å². The number of carbonyl (C=O) groups is 3. The number of ether oxygens (including phenoxy) is 2. The summed E-state index contributed by atoms with van der Waals surface area (Å²) in [6, 6.07) is 9.45. The van der Waals surface area contributed by atoms with Gasteiger partial charge in [-0.15, -0.1) is 0 Å². The molecule has 0 bridgehead atoms. The van der Waals surface area contributed by atoms with E-state index in [1.807, 2.05) is 19.9 Å². The van der Waals surface area contributed by atoms with Crippen LogP contribution in [0.25, 0.3) is 0 Å². The van der Waals surface area contributed by atoms with Gasteiger partial charge in [-0.3, -0.25) is 24.5 Å². The second-order valence-electron chi connectivity index (χ2n) is 7.55. The van der Waals surface area contributed by atoms with Crippen LogP contribution in [0.3, 0.4) is 0 Å². The molecule has 0 spiro atoms. The highest BCUT2D eigenvalue weighted by molar-refractivity contribution is 6.01. The van der Waals surface area contributed by atoms with Crippen molar-refractivity contribution in [3.05, 3.63) is 57.6 Å². The molecule has 1 atom stereocenters. The zero-order valence-corrected chi connectivity index (χ0v) is 17.9. The maximum Gasteiger partial charge on any atom is 0.311 e. The van der Waals surface area contributed by atoms with Crippen LogP contribution in [-0.4, -0.2) is 43.0 Å². The molecule has 0 aliphatic carbocycles. The highest BCUT2D eigenvalue weighted by Gasteiger charge is 2.37. The van der Waals surface area contributed by atoms with Crippen LogP contribution in [0, 0.1) is 29.9 Å². The zero-order valence-electron chi connectivity index (χ0n) is 17.9. The summed E-state index contributed by atoms with van der Waals surface area (Å²) in [7, 11) is 1.34. The third-order valence-corrected chi connectivity index (χ3v) is 4.97. The highest BCUT2D eigenvalue weighted by Crippen LogP contribution is 2.36. The second kappa shape index (κ2) is 9.46. The van der Waals surface area contributed by atoms with Crippen LogP contribution in [0.4, 0.5) is 17.1 Å². The van der Waals surface area contributed by atoms with Gasteiger partial charge in [-0.1, -0.05) is 6.07 Å². The van der Waals surface area contributed by atoms with Gasteiger partial charge in [0.2, 0.25) is 5.91 Å². The summed E-state index contributed by atoms with van der Waals surface area (Å²) in [5.74, 6) is -2.12. The Balaban J connectivity index is 1.60. The smallest absolute Gasteiger partial charge is 0.311 e. The van der Waals surface area contributed by atoms with E-state index in [1.165, 1.54) is 30.2 Å². The molecular formula is C22H23N3O7. The molecule has 168 valence electrons. The van der Waals surface area contributed by atoms with Crippen LogP contribution in [0.15, 0.2) is 36.4 Å². The van der Waals surface area contributed by atoms with E-state index in [0.717, 1.165) is 11.1 Å². The Labute approximate surface area is 184 Å². The molecule has 2 aromatic rings. The van der Waals surface area contributed by atoms with Crippen LogP contribution < -0.4 is 15.0 Å². The van der Waals surface area contributed by atoms with Gasteiger partial charge in [-0.25, -0.2) is 0 Å². The summed E-state index contributed by atoms with van der Waals surface area (Å²) in [5.41, 5.74) is 2.73. The van der Waals surface area contributed by atoms with Crippen LogP contribution in [0.5, 0.6) is 5.75 Å². The maximum atomic E-state index is 12.5. The normalized spacial score (nSPS) is 15.4. The number of nitrogens with one attached hydrogen (secondary N) is 1. The molecule has 0 saturated carbocycles. The average Bonchev–Trinajstić information content (AvgIpc) is 3.12. The summed E-state index contributed by atoms with van der Waals surface area (Å²) in [5, 5.41) is 13.6. The van der Waals surface area contributed by atoms with Gasteiger partial charge < -0.3 is 19.7 Å². The fourth-order valence-corrected chi connectivity index (χ4v) is 3.60. The minimum atomic E-state index is -0.767. The Morgan fingerprint density at radius 1 is 1.19 bits per heavy atom. The predicted molar refractivity (Wildman–Crippen MR) is 116 cm³/mol. The van der Waals surface area contributed by atoms with Gasteiger partial charge in [0.1, 0.15) is 5.75 Å². The second-order valence-corrected chi connectivity index (χ2v) is 7.55. The van der Waals surface area contributed by atoms with Crippen molar-refractivity contribution in [1.82, 2.24) is 0 Å². The molecule has 1 saturated heterocycles. The molecule has 1 N–H and O–H groups in total. The average molecular weight is 441 g/mol. The number of hydrogen-bond acceptors (Lipinski definition) is 7. The fourth-order valence-electron chi connectivity index (χ4n) is 3.60. The molecule has 2 amide bonds. The summed E-state index contributed by atoms with van der Waals surface area (Å²) in [6.45, 7) is 3.36. The van der Waals surface area contributed by atoms with Crippen molar-refractivity contribution in [2.45, 2.75) is 20.3 Å². The van der Waals surface area contributed by atoms with Gasteiger partial charge in [-0.2, -0.15) is 0 Å². The molecule has 0 radical (unpaired) electrons.